The summed E-state index contributed by atoms with van der Waals surface area (Å²) in [5, 5.41) is 2.69. The number of carbonyl (C=O) groups is 1. The second kappa shape index (κ2) is 8.47. The van der Waals surface area contributed by atoms with E-state index in [1.54, 1.807) is 25.3 Å². The zero-order valence-electron chi connectivity index (χ0n) is 13.4. The van der Waals surface area contributed by atoms with Gasteiger partial charge in [-0.15, -0.1) is 0 Å². The Morgan fingerprint density at radius 3 is 2.54 bits per heavy atom. The van der Waals surface area contributed by atoms with Crippen LogP contribution in [0.5, 0.6) is 5.75 Å². The molecule has 2 aromatic carbocycles. The Morgan fingerprint density at radius 2 is 1.83 bits per heavy atom. The molecule has 0 aliphatic rings. The van der Waals surface area contributed by atoms with Crippen molar-refractivity contribution in [3.05, 3.63) is 60.2 Å². The minimum absolute atomic E-state index is 0.134. The van der Waals surface area contributed by atoms with E-state index in [1.807, 2.05) is 24.3 Å². The molecule has 6 nitrogen and oxygen atoms in total. The number of sulfonamides is 1. The maximum atomic E-state index is 12.0. The molecule has 0 saturated carbocycles. The van der Waals surface area contributed by atoms with Crippen LogP contribution in [0.25, 0.3) is 0 Å². The van der Waals surface area contributed by atoms with Gasteiger partial charge in [-0.05, 0) is 36.2 Å². The van der Waals surface area contributed by atoms with Gasteiger partial charge in [-0.1, -0.05) is 30.3 Å². The normalized spacial score (nSPS) is 11.0. The molecule has 0 fully saturated rings. The molecule has 0 spiro atoms. The van der Waals surface area contributed by atoms with Gasteiger partial charge in [0.25, 0.3) is 0 Å². The Morgan fingerprint density at radius 1 is 1.08 bits per heavy atom. The summed E-state index contributed by atoms with van der Waals surface area (Å²) in [6.07, 6.45) is 0.633. The van der Waals surface area contributed by atoms with E-state index in [9.17, 15) is 13.2 Å². The molecule has 1 amide bonds. The van der Waals surface area contributed by atoms with Crippen molar-refractivity contribution in [1.29, 1.82) is 0 Å². The first-order chi connectivity index (χ1) is 11.5. The van der Waals surface area contributed by atoms with E-state index in [0.717, 1.165) is 11.3 Å². The van der Waals surface area contributed by atoms with Crippen LogP contribution in [0, 0.1) is 0 Å². The number of benzene rings is 2. The monoisotopic (exact) mass is 348 g/mol. The van der Waals surface area contributed by atoms with Crippen molar-refractivity contribution in [2.24, 2.45) is 0 Å². The predicted octanol–water partition coefficient (Wildman–Crippen LogP) is 1.33. The molecule has 2 aromatic rings. The lowest BCUT2D eigenvalue weighted by Gasteiger charge is -2.08. The van der Waals surface area contributed by atoms with E-state index in [1.165, 1.54) is 12.1 Å². The highest BCUT2D eigenvalue weighted by Crippen LogP contribution is 2.12. The van der Waals surface area contributed by atoms with Gasteiger partial charge in [-0.2, -0.15) is 0 Å². The summed E-state index contributed by atoms with van der Waals surface area (Å²) in [7, 11) is -2.07. The number of carbonyl (C=O) groups excluding carboxylic acids is 1. The molecular formula is C17H20N2O4S. The molecule has 0 aliphatic heterocycles. The van der Waals surface area contributed by atoms with E-state index < -0.39 is 10.0 Å². The molecule has 24 heavy (non-hydrogen) atoms. The molecule has 0 aliphatic carbocycles. The summed E-state index contributed by atoms with van der Waals surface area (Å²) in [6.45, 7) is 0.119. The molecule has 0 unspecified atom stereocenters. The number of nitrogens with one attached hydrogen (secondary N) is 2. The van der Waals surface area contributed by atoms with Crippen molar-refractivity contribution in [3.8, 4) is 5.75 Å². The molecule has 0 saturated heterocycles. The second-order valence-corrected chi connectivity index (χ2v) is 6.86. The lowest BCUT2D eigenvalue weighted by atomic mass is 10.1. The Kier molecular flexibility index (Phi) is 6.34. The van der Waals surface area contributed by atoms with Crippen LogP contribution in [0.3, 0.4) is 0 Å². The fraction of sp³-hybridized carbons (Fsp3) is 0.235. The first kappa shape index (κ1) is 18.0. The second-order valence-electron chi connectivity index (χ2n) is 5.09. The third-order valence-electron chi connectivity index (χ3n) is 3.35. The predicted molar refractivity (Wildman–Crippen MR) is 91.3 cm³/mol. The van der Waals surface area contributed by atoms with Crippen LogP contribution in [0.2, 0.25) is 0 Å². The lowest BCUT2D eigenvalue weighted by Crippen LogP contribution is -2.37. The average molecular weight is 348 g/mol. The molecule has 2 rings (SSSR count). The highest BCUT2D eigenvalue weighted by Gasteiger charge is 2.14. The smallest absolute Gasteiger partial charge is 0.241 e. The average Bonchev–Trinajstić information content (AvgIpc) is 2.61. The van der Waals surface area contributed by atoms with Crippen molar-refractivity contribution in [2.45, 2.75) is 11.3 Å². The minimum Gasteiger partial charge on any atom is -0.497 e. The summed E-state index contributed by atoms with van der Waals surface area (Å²) in [5.74, 6) is 0.381. The minimum atomic E-state index is -3.67. The van der Waals surface area contributed by atoms with Gasteiger partial charge < -0.3 is 10.1 Å². The summed E-state index contributed by atoms with van der Waals surface area (Å²) in [6, 6.07) is 15.5. The Bertz CT molecular complexity index is 776. The van der Waals surface area contributed by atoms with Crippen molar-refractivity contribution >= 4 is 15.9 Å². The molecule has 0 radical (unpaired) electrons. The summed E-state index contributed by atoms with van der Waals surface area (Å²) in [4.78, 5) is 11.9. The first-order valence-electron chi connectivity index (χ1n) is 7.45. The molecule has 0 heterocycles. The molecule has 0 atom stereocenters. The quantitative estimate of drug-likeness (QED) is 0.754. The van der Waals surface area contributed by atoms with E-state index in [-0.39, 0.29) is 17.3 Å². The standard InChI is InChI=1S/C17H20N2O4S/c1-23-15-7-5-6-14(12-15)10-11-18-17(20)13-19-24(21,22)16-8-3-2-4-9-16/h2-9,12,19H,10-11,13H2,1H3,(H,18,20). The topological polar surface area (TPSA) is 84.5 Å². The van der Waals surface area contributed by atoms with Crippen LogP contribution in [-0.4, -0.2) is 34.5 Å². The first-order valence-corrected chi connectivity index (χ1v) is 8.94. The maximum absolute atomic E-state index is 12.0. The van der Waals surface area contributed by atoms with Gasteiger partial charge in [0.2, 0.25) is 15.9 Å². The van der Waals surface area contributed by atoms with Crippen molar-refractivity contribution in [2.75, 3.05) is 20.2 Å². The number of ether oxygens (including phenoxy) is 1. The van der Waals surface area contributed by atoms with Gasteiger partial charge in [-0.3, -0.25) is 4.79 Å². The van der Waals surface area contributed by atoms with Gasteiger partial charge in [0.1, 0.15) is 5.75 Å². The summed E-state index contributed by atoms with van der Waals surface area (Å²) < 4.78 is 31.4. The SMILES string of the molecule is COc1cccc(CCNC(=O)CNS(=O)(=O)c2ccccc2)c1. The molecular weight excluding hydrogens is 328 g/mol. The summed E-state index contributed by atoms with van der Waals surface area (Å²) >= 11 is 0. The third-order valence-corrected chi connectivity index (χ3v) is 4.76. The van der Waals surface area contributed by atoms with Crippen LogP contribution in [0.4, 0.5) is 0 Å². The zero-order valence-corrected chi connectivity index (χ0v) is 14.2. The van der Waals surface area contributed by atoms with E-state index in [4.69, 9.17) is 4.74 Å². The van der Waals surface area contributed by atoms with Gasteiger partial charge in [0, 0.05) is 6.54 Å². The zero-order chi connectivity index (χ0) is 17.4. The largest absolute Gasteiger partial charge is 0.497 e. The number of hydrogen-bond donors (Lipinski definition) is 2. The summed E-state index contributed by atoms with van der Waals surface area (Å²) in [5.41, 5.74) is 1.03. The van der Waals surface area contributed by atoms with Crippen molar-refractivity contribution < 1.29 is 17.9 Å². The number of rotatable bonds is 8. The Labute approximate surface area is 141 Å². The Hall–Kier alpha value is -2.38. The molecule has 2 N–H and O–H groups in total. The maximum Gasteiger partial charge on any atom is 0.241 e. The van der Waals surface area contributed by atoms with Crippen LogP contribution >= 0.6 is 0 Å². The molecule has 0 aromatic heterocycles. The fourth-order valence-corrected chi connectivity index (χ4v) is 3.08. The van der Waals surface area contributed by atoms with Gasteiger partial charge in [0.15, 0.2) is 0 Å². The van der Waals surface area contributed by atoms with Gasteiger partial charge >= 0.3 is 0 Å². The van der Waals surface area contributed by atoms with Crippen LogP contribution in [0.15, 0.2) is 59.5 Å². The van der Waals surface area contributed by atoms with E-state index >= 15 is 0 Å². The van der Waals surface area contributed by atoms with Crippen molar-refractivity contribution in [3.63, 3.8) is 0 Å². The number of amides is 1. The lowest BCUT2D eigenvalue weighted by molar-refractivity contribution is -0.119. The molecule has 128 valence electrons. The van der Waals surface area contributed by atoms with E-state index in [2.05, 4.69) is 10.0 Å². The van der Waals surface area contributed by atoms with Crippen LogP contribution in [-0.2, 0) is 21.2 Å². The third kappa shape index (κ3) is 5.36. The highest BCUT2D eigenvalue weighted by atomic mass is 32.2. The van der Waals surface area contributed by atoms with Crippen LogP contribution in [0.1, 0.15) is 5.56 Å². The Balaban J connectivity index is 1.77. The number of methoxy groups -OCH3 is 1. The number of hydrogen-bond acceptors (Lipinski definition) is 4. The fourth-order valence-electron chi connectivity index (χ4n) is 2.08. The highest BCUT2D eigenvalue weighted by molar-refractivity contribution is 7.89. The van der Waals surface area contributed by atoms with Gasteiger partial charge in [-0.25, -0.2) is 13.1 Å². The van der Waals surface area contributed by atoms with Gasteiger partial charge in [0.05, 0.1) is 18.6 Å². The van der Waals surface area contributed by atoms with Crippen LogP contribution < -0.4 is 14.8 Å². The van der Waals surface area contributed by atoms with Crippen molar-refractivity contribution in [1.82, 2.24) is 10.0 Å². The molecule has 0 bridgehead atoms. The molecule has 7 heteroatoms. The van der Waals surface area contributed by atoms with E-state index in [0.29, 0.717) is 13.0 Å².